The Hall–Kier alpha value is -1.13. The van der Waals surface area contributed by atoms with Gasteiger partial charge in [0.15, 0.2) is 0 Å². The zero-order valence-corrected chi connectivity index (χ0v) is 12.1. The molecule has 1 unspecified atom stereocenters. The molecule has 0 radical (unpaired) electrons. The molecule has 2 N–H and O–H groups in total. The van der Waals surface area contributed by atoms with E-state index in [1.165, 1.54) is 6.07 Å². The Labute approximate surface area is 115 Å². The van der Waals surface area contributed by atoms with Gasteiger partial charge in [-0.05, 0) is 50.1 Å². The van der Waals surface area contributed by atoms with Gasteiger partial charge in [-0.1, -0.05) is 6.92 Å². The minimum Gasteiger partial charge on any atom is -0.393 e. The fourth-order valence-electron chi connectivity index (χ4n) is 1.97. The van der Waals surface area contributed by atoms with Crippen molar-refractivity contribution in [1.29, 1.82) is 0 Å². The Morgan fingerprint density at radius 3 is 2.79 bits per heavy atom. The van der Waals surface area contributed by atoms with E-state index in [1.54, 1.807) is 19.1 Å². The smallest absolute Gasteiger partial charge is 0.123 e. The van der Waals surface area contributed by atoms with Crippen LogP contribution < -0.4 is 10.2 Å². The predicted octanol–water partition coefficient (Wildman–Crippen LogP) is 2.53. The number of nitrogens with zero attached hydrogens (tertiary/aromatic N) is 1. The molecule has 1 rings (SSSR count). The summed E-state index contributed by atoms with van der Waals surface area (Å²) in [5.41, 5.74) is 1.98. The number of hydrogen-bond acceptors (Lipinski definition) is 3. The molecule has 4 heteroatoms. The van der Waals surface area contributed by atoms with Gasteiger partial charge in [-0.15, -0.1) is 0 Å². The quantitative estimate of drug-likeness (QED) is 0.711. The predicted molar refractivity (Wildman–Crippen MR) is 78.0 cm³/mol. The van der Waals surface area contributed by atoms with Gasteiger partial charge in [-0.25, -0.2) is 4.39 Å². The Bertz CT molecular complexity index is 382. The molecule has 0 aliphatic carbocycles. The molecular formula is C15H25FN2O. The van der Waals surface area contributed by atoms with E-state index >= 15 is 0 Å². The molecule has 0 saturated heterocycles. The summed E-state index contributed by atoms with van der Waals surface area (Å²) in [6.07, 6.45) is 1.45. The number of halogens is 1. The van der Waals surface area contributed by atoms with Crippen LogP contribution in [0.15, 0.2) is 18.2 Å². The maximum absolute atomic E-state index is 13.3. The molecule has 0 spiro atoms. The van der Waals surface area contributed by atoms with Crippen LogP contribution in [-0.4, -0.2) is 31.3 Å². The Kier molecular flexibility index (Phi) is 6.81. The fraction of sp³-hybridized carbons (Fsp3) is 0.600. The zero-order chi connectivity index (χ0) is 14.3. The number of aliphatic hydroxyl groups is 1. The lowest BCUT2D eigenvalue weighted by molar-refractivity contribution is 0.187. The SMILES string of the molecule is CCCNCc1cc(F)ccc1N(C)CCC(C)O. The van der Waals surface area contributed by atoms with Crippen LogP contribution in [-0.2, 0) is 6.54 Å². The average Bonchev–Trinajstić information content (AvgIpc) is 2.36. The number of rotatable bonds is 8. The molecule has 3 nitrogen and oxygen atoms in total. The zero-order valence-electron chi connectivity index (χ0n) is 12.1. The monoisotopic (exact) mass is 268 g/mol. The summed E-state index contributed by atoms with van der Waals surface area (Å²) in [7, 11) is 1.97. The van der Waals surface area contributed by atoms with Crippen molar-refractivity contribution in [3.63, 3.8) is 0 Å². The normalized spacial score (nSPS) is 12.5. The first-order valence-electron chi connectivity index (χ1n) is 6.93. The minimum absolute atomic E-state index is 0.207. The Morgan fingerprint density at radius 1 is 1.42 bits per heavy atom. The molecule has 108 valence electrons. The molecule has 1 aromatic rings. The van der Waals surface area contributed by atoms with E-state index in [4.69, 9.17) is 0 Å². The van der Waals surface area contributed by atoms with Crippen molar-refractivity contribution in [3.8, 4) is 0 Å². The third-order valence-corrected chi connectivity index (χ3v) is 3.08. The third kappa shape index (κ3) is 5.57. The molecule has 0 aliphatic heterocycles. The molecule has 19 heavy (non-hydrogen) atoms. The second-order valence-electron chi connectivity index (χ2n) is 5.01. The molecular weight excluding hydrogens is 243 g/mol. The highest BCUT2D eigenvalue weighted by Crippen LogP contribution is 2.21. The number of nitrogens with one attached hydrogen (secondary N) is 1. The molecule has 0 saturated carbocycles. The average molecular weight is 268 g/mol. The highest BCUT2D eigenvalue weighted by atomic mass is 19.1. The van der Waals surface area contributed by atoms with Gasteiger partial charge in [-0.3, -0.25) is 0 Å². The first-order chi connectivity index (χ1) is 9.04. The third-order valence-electron chi connectivity index (χ3n) is 3.08. The molecule has 0 aliphatic rings. The lowest BCUT2D eigenvalue weighted by Gasteiger charge is -2.23. The topological polar surface area (TPSA) is 35.5 Å². The number of benzene rings is 1. The van der Waals surface area contributed by atoms with Crippen molar-refractivity contribution < 1.29 is 9.50 Å². The molecule has 0 bridgehead atoms. The summed E-state index contributed by atoms with van der Waals surface area (Å²) in [5, 5.41) is 12.6. The first kappa shape index (κ1) is 15.9. The summed E-state index contributed by atoms with van der Waals surface area (Å²) < 4.78 is 13.3. The number of anilines is 1. The molecule has 0 aromatic heterocycles. The maximum atomic E-state index is 13.3. The lowest BCUT2D eigenvalue weighted by atomic mass is 10.1. The molecule has 0 amide bonds. The highest BCUT2D eigenvalue weighted by Gasteiger charge is 2.09. The van der Waals surface area contributed by atoms with Crippen molar-refractivity contribution in [1.82, 2.24) is 5.32 Å². The van der Waals surface area contributed by atoms with E-state index in [1.807, 2.05) is 7.05 Å². The van der Waals surface area contributed by atoms with E-state index in [0.29, 0.717) is 13.0 Å². The summed E-state index contributed by atoms with van der Waals surface area (Å²) in [5.74, 6) is -0.207. The van der Waals surface area contributed by atoms with Crippen molar-refractivity contribution >= 4 is 5.69 Å². The first-order valence-corrected chi connectivity index (χ1v) is 6.93. The van der Waals surface area contributed by atoms with Crippen LogP contribution in [0.25, 0.3) is 0 Å². The van der Waals surface area contributed by atoms with E-state index in [-0.39, 0.29) is 11.9 Å². The van der Waals surface area contributed by atoms with Crippen molar-refractivity contribution in [2.75, 3.05) is 25.0 Å². The van der Waals surface area contributed by atoms with Gasteiger partial charge in [0.05, 0.1) is 6.10 Å². The van der Waals surface area contributed by atoms with Crippen molar-refractivity contribution in [2.45, 2.75) is 39.3 Å². The van der Waals surface area contributed by atoms with Crippen LogP contribution in [0.3, 0.4) is 0 Å². The van der Waals surface area contributed by atoms with Gasteiger partial charge in [0.1, 0.15) is 5.82 Å². The van der Waals surface area contributed by atoms with Crippen LogP contribution in [0.2, 0.25) is 0 Å². The van der Waals surface area contributed by atoms with Crippen molar-refractivity contribution in [3.05, 3.63) is 29.6 Å². The molecule has 1 aromatic carbocycles. The van der Waals surface area contributed by atoms with Gasteiger partial charge < -0.3 is 15.3 Å². The van der Waals surface area contributed by atoms with E-state index in [2.05, 4.69) is 17.1 Å². The summed E-state index contributed by atoms with van der Waals surface area (Å²) in [4.78, 5) is 2.06. The van der Waals surface area contributed by atoms with E-state index in [0.717, 1.165) is 30.8 Å². The second kappa shape index (κ2) is 8.12. The van der Waals surface area contributed by atoms with Crippen LogP contribution in [0.5, 0.6) is 0 Å². The summed E-state index contributed by atoms with van der Waals surface area (Å²) in [6, 6.07) is 4.87. The molecule has 1 atom stereocenters. The van der Waals surface area contributed by atoms with Gasteiger partial charge in [-0.2, -0.15) is 0 Å². The summed E-state index contributed by atoms with van der Waals surface area (Å²) in [6.45, 7) is 6.23. The standard InChI is InChI=1S/C15H25FN2O/c1-4-8-17-11-13-10-14(16)5-6-15(13)18(3)9-7-12(2)19/h5-6,10,12,17,19H,4,7-9,11H2,1-3H3. The second-order valence-corrected chi connectivity index (χ2v) is 5.01. The van der Waals surface area contributed by atoms with Gasteiger partial charge in [0.25, 0.3) is 0 Å². The lowest BCUT2D eigenvalue weighted by Crippen LogP contribution is -2.24. The Morgan fingerprint density at radius 2 is 2.16 bits per heavy atom. The van der Waals surface area contributed by atoms with Crippen molar-refractivity contribution in [2.24, 2.45) is 0 Å². The number of aliphatic hydroxyl groups excluding tert-OH is 1. The molecule has 0 fully saturated rings. The van der Waals surface area contributed by atoms with Crippen LogP contribution in [0.4, 0.5) is 10.1 Å². The van der Waals surface area contributed by atoms with Crippen LogP contribution in [0.1, 0.15) is 32.3 Å². The van der Waals surface area contributed by atoms with Gasteiger partial charge in [0.2, 0.25) is 0 Å². The van der Waals surface area contributed by atoms with E-state index < -0.39 is 0 Å². The van der Waals surface area contributed by atoms with Gasteiger partial charge in [0, 0.05) is 25.8 Å². The van der Waals surface area contributed by atoms with Gasteiger partial charge >= 0.3 is 0 Å². The van der Waals surface area contributed by atoms with Crippen LogP contribution in [0, 0.1) is 5.82 Å². The highest BCUT2D eigenvalue weighted by molar-refractivity contribution is 5.53. The minimum atomic E-state index is -0.315. The largest absolute Gasteiger partial charge is 0.393 e. The Balaban J connectivity index is 2.74. The maximum Gasteiger partial charge on any atom is 0.123 e. The number of hydrogen-bond donors (Lipinski definition) is 2. The fourth-order valence-corrected chi connectivity index (χ4v) is 1.97. The summed E-state index contributed by atoms with van der Waals surface area (Å²) >= 11 is 0. The van der Waals surface area contributed by atoms with Crippen LogP contribution >= 0.6 is 0 Å². The molecule has 0 heterocycles. The van der Waals surface area contributed by atoms with E-state index in [9.17, 15) is 9.50 Å².